The summed E-state index contributed by atoms with van der Waals surface area (Å²) in [5.41, 5.74) is 2.19. The number of carbonyl (C=O) groups is 4. The molecule has 0 unspecified atom stereocenters. The van der Waals surface area contributed by atoms with E-state index in [9.17, 15) is 33.8 Å². The summed E-state index contributed by atoms with van der Waals surface area (Å²) in [4.78, 5) is 67.7. The third kappa shape index (κ3) is 7.72. The summed E-state index contributed by atoms with van der Waals surface area (Å²) in [6.07, 6.45) is 0.745. The van der Waals surface area contributed by atoms with Gasteiger partial charge in [0.25, 0.3) is 5.91 Å². The smallest absolute Gasteiger partial charge is 0.338 e. The monoisotopic (exact) mass is 829 g/mol. The lowest BCUT2D eigenvalue weighted by Crippen LogP contribution is -2.53. The molecule has 0 aliphatic carbocycles. The van der Waals surface area contributed by atoms with Crippen LogP contribution in [0, 0.1) is 5.82 Å². The van der Waals surface area contributed by atoms with E-state index < -0.39 is 41.9 Å². The number of amides is 3. The fourth-order valence-electron chi connectivity index (χ4n) is 7.76. The Labute approximate surface area is 340 Å². The Balaban J connectivity index is 0.941. The molecular weight excluding hydrogens is 793 g/mol. The number of hydrogen-bond acceptors (Lipinski definition) is 12. The van der Waals surface area contributed by atoms with Gasteiger partial charge in [0.15, 0.2) is 10.8 Å². The molecule has 3 aromatic carbocycles. The summed E-state index contributed by atoms with van der Waals surface area (Å²) in [5, 5.41) is 25.2. The molecule has 4 aromatic rings. The first-order valence-corrected chi connectivity index (χ1v) is 19.6. The maximum atomic E-state index is 14.1. The lowest BCUT2D eigenvalue weighted by atomic mass is 9.95. The molecule has 3 N–H and O–H groups in total. The molecule has 3 fully saturated rings. The van der Waals surface area contributed by atoms with Gasteiger partial charge in [-0.2, -0.15) is 0 Å². The number of halogens is 2. The Morgan fingerprint density at radius 2 is 1.76 bits per heavy atom. The predicted molar refractivity (Wildman–Crippen MR) is 211 cm³/mol. The van der Waals surface area contributed by atoms with Crippen molar-refractivity contribution in [2.75, 3.05) is 51.3 Å². The highest BCUT2D eigenvalue weighted by molar-refractivity contribution is 7.11. The van der Waals surface area contributed by atoms with E-state index in [1.807, 2.05) is 10.3 Å². The highest BCUT2D eigenvalue weighted by Crippen LogP contribution is 2.37. The van der Waals surface area contributed by atoms with Crippen LogP contribution in [0.3, 0.4) is 0 Å². The number of methoxy groups -OCH3 is 1. The fraction of sp³-hybridized carbons (Fsp3) is 0.300. The lowest BCUT2D eigenvalue weighted by molar-refractivity contribution is -0.141. The number of nitrogens with one attached hydrogen (secondary N) is 1. The molecule has 5 heterocycles. The summed E-state index contributed by atoms with van der Waals surface area (Å²) in [7, 11) is 1.29. The van der Waals surface area contributed by atoms with Crippen LogP contribution in [0.25, 0.3) is 0 Å². The van der Waals surface area contributed by atoms with E-state index in [-0.39, 0.29) is 41.2 Å². The van der Waals surface area contributed by atoms with Crippen molar-refractivity contribution < 1.29 is 43.3 Å². The normalized spacial score (nSPS) is 22.1. The van der Waals surface area contributed by atoms with Gasteiger partial charge in [0, 0.05) is 84.8 Å². The number of amidine groups is 1. The summed E-state index contributed by atoms with van der Waals surface area (Å²) in [6.45, 7) is 2.18. The van der Waals surface area contributed by atoms with E-state index in [0.717, 1.165) is 4.90 Å². The highest BCUT2D eigenvalue weighted by atomic mass is 35.5. The molecule has 58 heavy (non-hydrogen) atoms. The Kier molecular flexibility index (Phi) is 10.9. The third-order valence-corrected chi connectivity index (χ3v) is 11.7. The zero-order valence-corrected chi connectivity index (χ0v) is 32.5. The van der Waals surface area contributed by atoms with Crippen LogP contribution in [0.4, 0.5) is 14.9 Å². The minimum Gasteiger partial charge on any atom is -0.480 e. The average molecular weight is 830 g/mol. The Bertz CT molecular complexity index is 2310. The molecule has 15 nitrogen and oxygen atoms in total. The lowest BCUT2D eigenvalue weighted by Gasteiger charge is -2.38. The van der Waals surface area contributed by atoms with Crippen molar-refractivity contribution in [1.29, 1.82) is 0 Å². The Morgan fingerprint density at radius 3 is 2.43 bits per heavy atom. The first kappa shape index (κ1) is 39.0. The Hall–Kier alpha value is -5.88. The number of fused-ring (bicyclic) bond motifs is 1. The van der Waals surface area contributed by atoms with E-state index >= 15 is 0 Å². The molecule has 18 heteroatoms. The summed E-state index contributed by atoms with van der Waals surface area (Å²) in [5.74, 6) is -1.38. The Morgan fingerprint density at radius 1 is 1.02 bits per heavy atom. The third-order valence-electron chi connectivity index (χ3n) is 10.6. The van der Waals surface area contributed by atoms with E-state index in [1.54, 1.807) is 59.6 Å². The molecular formula is C40H37ClFN7O8S. The van der Waals surface area contributed by atoms with Gasteiger partial charge in [-0.05, 0) is 60.7 Å². The summed E-state index contributed by atoms with van der Waals surface area (Å²) < 4.78 is 25.3. The van der Waals surface area contributed by atoms with Gasteiger partial charge in [-0.3, -0.25) is 19.6 Å². The second-order valence-electron chi connectivity index (χ2n) is 14.2. The van der Waals surface area contributed by atoms with Crippen LogP contribution in [0.2, 0.25) is 5.02 Å². The number of aliphatic hydroxyl groups excluding tert-OH is 1. The zero-order chi connectivity index (χ0) is 40.7. The number of esters is 1. The van der Waals surface area contributed by atoms with Crippen LogP contribution in [-0.4, -0.2) is 124 Å². The van der Waals surface area contributed by atoms with Gasteiger partial charge in [0.1, 0.15) is 29.4 Å². The fourth-order valence-corrected chi connectivity index (χ4v) is 8.62. The van der Waals surface area contributed by atoms with Gasteiger partial charge in [-0.25, -0.2) is 23.8 Å². The van der Waals surface area contributed by atoms with E-state index in [2.05, 4.69) is 15.2 Å². The van der Waals surface area contributed by atoms with Crippen LogP contribution in [-0.2, 0) is 14.3 Å². The summed E-state index contributed by atoms with van der Waals surface area (Å²) in [6, 6.07) is 15.1. The van der Waals surface area contributed by atoms with Crippen LogP contribution < -0.4 is 15.0 Å². The SMILES string of the molecule is COC(=O)C1=C(CN2CCN3C(=O)N(c4ccc(Oc5ccc(C(=O)N6C[C@@H](O)C[C@@H]6C(=O)O)cc5)cc4)C[C@@H]3C2)NC(c2nccs2)=N[C@H]1c1ccc(F)cc1Cl. The molecule has 3 amide bonds. The number of aromatic nitrogens is 1. The number of carboxylic acids is 1. The molecule has 4 aliphatic heterocycles. The van der Waals surface area contributed by atoms with Crippen molar-refractivity contribution in [2.45, 2.75) is 30.7 Å². The van der Waals surface area contributed by atoms with Crippen LogP contribution in [0.1, 0.15) is 33.4 Å². The van der Waals surface area contributed by atoms with E-state index in [1.165, 1.54) is 36.6 Å². The van der Waals surface area contributed by atoms with E-state index in [0.29, 0.717) is 72.0 Å². The second kappa shape index (κ2) is 16.2. The standard InChI is InChI=1S/C40H37ClFN7O8S/c1-56-39(54)33-31(44-35(36-43-12-15-58-36)45-34(33)29-11-4-23(42)16-30(29)41)21-46-13-14-47-25(18-46)19-48(40(47)55)24-5-9-28(10-6-24)57-27-7-2-22(3-8-27)37(51)49-20-26(50)17-32(49)38(52)53/h2-12,15-16,25-26,32,34,50H,13-14,17-21H2,1H3,(H,44,45)(H,52,53)/t25-,26-,32+,34-/m0/s1. The first-order valence-electron chi connectivity index (χ1n) is 18.4. The number of carbonyl (C=O) groups excluding carboxylic acids is 3. The number of carboxylic acid groups (broad SMARTS) is 1. The number of aliphatic carboxylic acids is 1. The number of ether oxygens (including phenoxy) is 2. The first-order chi connectivity index (χ1) is 28.0. The van der Waals surface area contributed by atoms with Crippen LogP contribution in [0.15, 0.2) is 94.6 Å². The molecule has 0 bridgehead atoms. The van der Waals surface area contributed by atoms with Gasteiger partial charge >= 0.3 is 18.0 Å². The van der Waals surface area contributed by atoms with Gasteiger partial charge in [0.05, 0.1) is 24.8 Å². The second-order valence-corrected chi connectivity index (χ2v) is 15.5. The number of urea groups is 1. The molecule has 1 aromatic heterocycles. The van der Waals surface area contributed by atoms with Gasteiger partial charge in [-0.15, -0.1) is 11.3 Å². The number of aliphatic hydroxyl groups is 1. The molecule has 3 saturated heterocycles. The molecule has 0 radical (unpaired) electrons. The number of thiazole rings is 1. The van der Waals surface area contributed by atoms with Crippen LogP contribution >= 0.6 is 22.9 Å². The quantitative estimate of drug-likeness (QED) is 0.192. The largest absolute Gasteiger partial charge is 0.480 e. The average Bonchev–Trinajstić information content (AvgIpc) is 3.97. The van der Waals surface area contributed by atoms with Gasteiger partial charge in [0.2, 0.25) is 0 Å². The molecule has 4 aliphatic rings. The van der Waals surface area contributed by atoms with Crippen molar-refractivity contribution in [3.63, 3.8) is 0 Å². The number of likely N-dealkylation sites (tertiary alicyclic amines) is 1. The zero-order valence-electron chi connectivity index (χ0n) is 31.0. The molecule has 4 atom stereocenters. The predicted octanol–water partition coefficient (Wildman–Crippen LogP) is 4.53. The minimum absolute atomic E-state index is 0.0166. The molecule has 300 valence electrons. The number of piperazine rings is 1. The minimum atomic E-state index is -1.16. The van der Waals surface area contributed by atoms with Gasteiger partial charge in [-0.1, -0.05) is 17.7 Å². The van der Waals surface area contributed by atoms with Crippen molar-refractivity contribution >= 4 is 58.3 Å². The number of anilines is 1. The molecule has 0 saturated carbocycles. The number of rotatable bonds is 10. The number of nitrogens with zero attached hydrogens (tertiary/aromatic N) is 6. The van der Waals surface area contributed by atoms with E-state index in [4.69, 9.17) is 26.1 Å². The highest BCUT2D eigenvalue weighted by Gasteiger charge is 2.43. The molecule has 0 spiro atoms. The number of hydrogen-bond donors (Lipinski definition) is 3. The topological polar surface area (TPSA) is 177 Å². The van der Waals surface area contributed by atoms with Crippen molar-refractivity contribution in [3.05, 3.63) is 117 Å². The number of β-amino-alcohol motifs (C(OH)–C–C–N with tert-alkyl or cyclic N) is 1. The van der Waals surface area contributed by atoms with Crippen molar-refractivity contribution in [2.24, 2.45) is 4.99 Å². The maximum absolute atomic E-state index is 14.1. The van der Waals surface area contributed by atoms with Gasteiger partial charge < -0.3 is 34.8 Å². The van der Waals surface area contributed by atoms with Crippen molar-refractivity contribution in [3.8, 4) is 11.5 Å². The maximum Gasteiger partial charge on any atom is 0.338 e. The van der Waals surface area contributed by atoms with Crippen LogP contribution in [0.5, 0.6) is 11.5 Å². The molecule has 8 rings (SSSR count). The number of aliphatic imine (C=N–C) groups is 1. The summed E-state index contributed by atoms with van der Waals surface area (Å²) >= 11 is 7.88. The number of benzene rings is 3. The van der Waals surface area contributed by atoms with Crippen molar-refractivity contribution in [1.82, 2.24) is 25.0 Å².